The molecule has 13 heavy (non-hydrogen) atoms. The van der Waals surface area contributed by atoms with Crippen molar-refractivity contribution in [2.75, 3.05) is 26.2 Å². The number of hydrogen-bond donors (Lipinski definition) is 0. The third kappa shape index (κ3) is 4.08. The summed E-state index contributed by atoms with van der Waals surface area (Å²) in [5.41, 5.74) is 0. The number of rotatable bonds is 4. The smallest absolute Gasteiger partial charge is 0.307 e. The van der Waals surface area contributed by atoms with Crippen LogP contribution in [0.1, 0.15) is 19.8 Å². The van der Waals surface area contributed by atoms with E-state index in [1.807, 2.05) is 6.92 Å². The van der Waals surface area contributed by atoms with Crippen molar-refractivity contribution in [3.63, 3.8) is 0 Å². The molecule has 0 bridgehead atoms. The van der Waals surface area contributed by atoms with Crippen LogP contribution in [0, 0.1) is 0 Å². The molecular formula is C10H17NO2. The van der Waals surface area contributed by atoms with Crippen molar-refractivity contribution in [2.45, 2.75) is 19.8 Å². The average molecular weight is 183 g/mol. The van der Waals surface area contributed by atoms with E-state index in [-0.39, 0.29) is 5.97 Å². The quantitative estimate of drug-likeness (QED) is 0.484. The number of esters is 1. The summed E-state index contributed by atoms with van der Waals surface area (Å²) in [7, 11) is 0. The Morgan fingerprint density at radius 2 is 2.38 bits per heavy atom. The number of carbonyl (C=O) groups is 1. The summed E-state index contributed by atoms with van der Waals surface area (Å²) in [6.07, 6.45) is 5.94. The minimum atomic E-state index is -0.0861. The average Bonchev–Trinajstić information content (AvgIpc) is 2.17. The second-order valence-corrected chi connectivity index (χ2v) is 3.12. The predicted molar refractivity (Wildman–Crippen MR) is 51.4 cm³/mol. The fraction of sp³-hybridized carbons (Fsp3) is 0.700. The molecule has 3 heteroatoms. The fourth-order valence-corrected chi connectivity index (χ4v) is 1.38. The van der Waals surface area contributed by atoms with Gasteiger partial charge in [0.25, 0.3) is 0 Å². The van der Waals surface area contributed by atoms with E-state index in [1.165, 1.54) is 0 Å². The highest BCUT2D eigenvalue weighted by Gasteiger charge is 2.08. The Kier molecular flexibility index (Phi) is 4.54. The van der Waals surface area contributed by atoms with Gasteiger partial charge in [0.1, 0.15) is 0 Å². The van der Waals surface area contributed by atoms with Gasteiger partial charge in [-0.25, -0.2) is 0 Å². The summed E-state index contributed by atoms with van der Waals surface area (Å²) in [6, 6.07) is 0. The van der Waals surface area contributed by atoms with Gasteiger partial charge in [0.2, 0.25) is 0 Å². The molecule has 0 fully saturated rings. The molecule has 0 saturated carbocycles. The van der Waals surface area contributed by atoms with E-state index in [0.29, 0.717) is 13.0 Å². The second-order valence-electron chi connectivity index (χ2n) is 3.12. The lowest BCUT2D eigenvalue weighted by Crippen LogP contribution is -2.29. The van der Waals surface area contributed by atoms with E-state index in [0.717, 1.165) is 26.1 Å². The maximum Gasteiger partial charge on any atom is 0.307 e. The molecule has 74 valence electrons. The van der Waals surface area contributed by atoms with Crippen LogP contribution in [0.5, 0.6) is 0 Å². The largest absolute Gasteiger partial charge is 0.466 e. The van der Waals surface area contributed by atoms with Gasteiger partial charge in [0.05, 0.1) is 13.0 Å². The first-order valence-electron chi connectivity index (χ1n) is 4.86. The van der Waals surface area contributed by atoms with Gasteiger partial charge in [-0.3, -0.25) is 9.69 Å². The molecule has 0 amide bonds. The molecule has 0 aromatic heterocycles. The van der Waals surface area contributed by atoms with Crippen LogP contribution < -0.4 is 0 Å². The standard InChI is InChI=1S/C10H17NO2/c1-2-13-10(12)6-9-11-7-4-3-5-8-11/h3-4H,2,5-9H2,1H3. The maximum absolute atomic E-state index is 11.0. The molecule has 1 rings (SSSR count). The minimum absolute atomic E-state index is 0.0861. The van der Waals surface area contributed by atoms with Crippen molar-refractivity contribution in [1.82, 2.24) is 4.90 Å². The van der Waals surface area contributed by atoms with Crippen LogP contribution in [0.3, 0.4) is 0 Å². The molecule has 0 radical (unpaired) electrons. The Labute approximate surface area is 79.4 Å². The zero-order valence-electron chi connectivity index (χ0n) is 8.16. The Hall–Kier alpha value is -0.830. The Bertz CT molecular complexity index is 189. The topological polar surface area (TPSA) is 29.5 Å². The normalized spacial score (nSPS) is 17.3. The highest BCUT2D eigenvalue weighted by Crippen LogP contribution is 2.02. The third-order valence-electron chi connectivity index (χ3n) is 2.08. The summed E-state index contributed by atoms with van der Waals surface area (Å²) in [6.45, 7) is 5.18. The van der Waals surface area contributed by atoms with Crippen LogP contribution in [-0.2, 0) is 9.53 Å². The predicted octanol–water partition coefficient (Wildman–Crippen LogP) is 1.20. The van der Waals surface area contributed by atoms with E-state index >= 15 is 0 Å². The lowest BCUT2D eigenvalue weighted by atomic mass is 10.2. The first-order valence-corrected chi connectivity index (χ1v) is 4.86. The number of hydrogen-bond acceptors (Lipinski definition) is 3. The van der Waals surface area contributed by atoms with E-state index in [1.54, 1.807) is 0 Å². The van der Waals surface area contributed by atoms with Crippen LogP contribution in [0.15, 0.2) is 12.2 Å². The summed E-state index contributed by atoms with van der Waals surface area (Å²) in [5.74, 6) is -0.0861. The molecule has 0 saturated heterocycles. The molecule has 0 spiro atoms. The van der Waals surface area contributed by atoms with E-state index < -0.39 is 0 Å². The minimum Gasteiger partial charge on any atom is -0.466 e. The van der Waals surface area contributed by atoms with E-state index in [2.05, 4.69) is 17.1 Å². The Balaban J connectivity index is 2.11. The van der Waals surface area contributed by atoms with Crippen molar-refractivity contribution in [3.8, 4) is 0 Å². The molecule has 0 aromatic carbocycles. The third-order valence-corrected chi connectivity index (χ3v) is 2.08. The van der Waals surface area contributed by atoms with Gasteiger partial charge in [-0.05, 0) is 13.3 Å². The van der Waals surface area contributed by atoms with Crippen molar-refractivity contribution < 1.29 is 9.53 Å². The molecule has 0 atom stereocenters. The molecular weight excluding hydrogens is 166 g/mol. The first-order chi connectivity index (χ1) is 6.33. The summed E-state index contributed by atoms with van der Waals surface area (Å²) in [5, 5.41) is 0. The molecule has 3 nitrogen and oxygen atoms in total. The Morgan fingerprint density at radius 1 is 1.54 bits per heavy atom. The van der Waals surface area contributed by atoms with E-state index in [9.17, 15) is 4.79 Å². The van der Waals surface area contributed by atoms with E-state index in [4.69, 9.17) is 4.74 Å². The van der Waals surface area contributed by atoms with Gasteiger partial charge >= 0.3 is 5.97 Å². The monoisotopic (exact) mass is 183 g/mol. The maximum atomic E-state index is 11.0. The molecule has 1 aliphatic rings. The fourth-order valence-electron chi connectivity index (χ4n) is 1.38. The van der Waals surface area contributed by atoms with Gasteiger partial charge in [-0.1, -0.05) is 12.2 Å². The summed E-state index contributed by atoms with van der Waals surface area (Å²) in [4.78, 5) is 13.3. The van der Waals surface area contributed by atoms with Gasteiger partial charge in [0, 0.05) is 19.6 Å². The van der Waals surface area contributed by atoms with Crippen LogP contribution >= 0.6 is 0 Å². The summed E-state index contributed by atoms with van der Waals surface area (Å²) >= 11 is 0. The van der Waals surface area contributed by atoms with Crippen LogP contribution in [0.4, 0.5) is 0 Å². The number of carbonyl (C=O) groups excluding carboxylic acids is 1. The van der Waals surface area contributed by atoms with Gasteiger partial charge < -0.3 is 4.74 Å². The highest BCUT2D eigenvalue weighted by molar-refractivity contribution is 5.69. The molecule has 0 aliphatic carbocycles. The SMILES string of the molecule is CCOC(=O)CCN1CC=CCC1. The molecule has 0 N–H and O–H groups in total. The lowest BCUT2D eigenvalue weighted by molar-refractivity contribution is -0.143. The van der Waals surface area contributed by atoms with Crippen LogP contribution in [-0.4, -0.2) is 37.1 Å². The van der Waals surface area contributed by atoms with Crippen molar-refractivity contribution in [2.24, 2.45) is 0 Å². The lowest BCUT2D eigenvalue weighted by Gasteiger charge is -2.22. The Morgan fingerprint density at radius 3 is 3.00 bits per heavy atom. The summed E-state index contributed by atoms with van der Waals surface area (Å²) < 4.78 is 4.85. The van der Waals surface area contributed by atoms with Crippen molar-refractivity contribution in [3.05, 3.63) is 12.2 Å². The number of ether oxygens (including phenoxy) is 1. The van der Waals surface area contributed by atoms with Crippen LogP contribution in [0.2, 0.25) is 0 Å². The van der Waals surface area contributed by atoms with Crippen molar-refractivity contribution >= 4 is 5.97 Å². The molecule has 1 aliphatic heterocycles. The first kappa shape index (κ1) is 10.3. The zero-order chi connectivity index (χ0) is 9.52. The molecule has 1 heterocycles. The zero-order valence-corrected chi connectivity index (χ0v) is 8.16. The molecule has 0 aromatic rings. The second kappa shape index (κ2) is 5.75. The highest BCUT2D eigenvalue weighted by atomic mass is 16.5. The number of nitrogens with zero attached hydrogens (tertiary/aromatic N) is 1. The van der Waals surface area contributed by atoms with Gasteiger partial charge in [-0.2, -0.15) is 0 Å². The van der Waals surface area contributed by atoms with Crippen molar-refractivity contribution in [1.29, 1.82) is 0 Å². The van der Waals surface area contributed by atoms with Gasteiger partial charge in [-0.15, -0.1) is 0 Å². The molecule has 0 unspecified atom stereocenters. The van der Waals surface area contributed by atoms with Crippen LogP contribution in [0.25, 0.3) is 0 Å². The van der Waals surface area contributed by atoms with Gasteiger partial charge in [0.15, 0.2) is 0 Å².